The predicted molar refractivity (Wildman–Crippen MR) is 62.5 cm³/mol. The molecule has 0 aliphatic carbocycles. The van der Waals surface area contributed by atoms with E-state index in [-0.39, 0.29) is 0 Å². The molecule has 0 aliphatic heterocycles. The summed E-state index contributed by atoms with van der Waals surface area (Å²) in [7, 11) is 0. The van der Waals surface area contributed by atoms with Crippen LogP contribution < -0.4 is 0 Å². The maximum atomic E-state index is 13.3. The first-order valence-corrected chi connectivity index (χ1v) is 7.15. The molecular formula is C12HF21O2. The second kappa shape index (κ2) is 8.13. The van der Waals surface area contributed by atoms with Crippen molar-refractivity contribution in [2.45, 2.75) is 53.6 Å². The first kappa shape index (κ1) is 32.7. The number of halogens is 21. The summed E-state index contributed by atoms with van der Waals surface area (Å²) in [5, 5.41) is 7.65. The summed E-state index contributed by atoms with van der Waals surface area (Å²) in [5.74, 6) is -84.3. The van der Waals surface area contributed by atoms with Crippen LogP contribution in [0.2, 0.25) is 0 Å². The number of hydrogen-bond acceptors (Lipinski definition) is 1. The first-order valence-electron chi connectivity index (χ1n) is 7.15. The molecule has 0 atom stereocenters. The maximum absolute atomic E-state index is 13.3. The molecule has 0 fully saturated rings. The average Bonchev–Trinajstić information content (AvgIpc) is 2.64. The summed E-state index contributed by atoms with van der Waals surface area (Å²) >= 11 is 0. The van der Waals surface area contributed by atoms with Crippen LogP contribution in [0.5, 0.6) is 0 Å². The Morgan fingerprint density at radius 3 is 0.857 bits per heavy atom. The quantitative estimate of drug-likeness (QED) is 0.305. The Balaban J connectivity index is 7.14. The van der Waals surface area contributed by atoms with Crippen LogP contribution in [0.25, 0.3) is 0 Å². The lowest BCUT2D eigenvalue weighted by atomic mass is 9.87. The van der Waals surface area contributed by atoms with Gasteiger partial charge in [0.2, 0.25) is 11.7 Å². The molecule has 0 aromatic heterocycles. The van der Waals surface area contributed by atoms with Crippen molar-refractivity contribution in [2.75, 3.05) is 0 Å². The summed E-state index contributed by atoms with van der Waals surface area (Å²) in [6.45, 7) is 0. The smallest absolute Gasteiger partial charge is 0.445 e. The van der Waals surface area contributed by atoms with Gasteiger partial charge >= 0.3 is 59.5 Å². The molecule has 0 unspecified atom stereocenters. The van der Waals surface area contributed by atoms with E-state index < -0.39 is 71.2 Å². The topological polar surface area (TPSA) is 37.3 Å². The Kier molecular flexibility index (Phi) is 7.60. The van der Waals surface area contributed by atoms with Gasteiger partial charge < -0.3 is 5.11 Å². The lowest BCUT2D eigenvalue weighted by molar-refractivity contribution is -0.449. The summed E-state index contributed by atoms with van der Waals surface area (Å²) in [6.07, 6.45) is -7.11. The summed E-state index contributed by atoms with van der Waals surface area (Å²) < 4.78 is 271. The van der Waals surface area contributed by atoms with Crippen molar-refractivity contribution in [3.63, 3.8) is 0 Å². The molecule has 1 N–H and O–H groups in total. The van der Waals surface area contributed by atoms with E-state index in [1.807, 2.05) is 0 Å². The fourth-order valence-electron chi connectivity index (χ4n) is 1.72. The van der Waals surface area contributed by atoms with Crippen molar-refractivity contribution in [1.29, 1.82) is 0 Å². The molecule has 208 valence electrons. The fourth-order valence-corrected chi connectivity index (χ4v) is 1.72. The highest BCUT2D eigenvalue weighted by molar-refractivity contribution is 5.77. The molecular weight excluding hydrogens is 575 g/mol. The summed E-state index contributed by atoms with van der Waals surface area (Å²) in [6, 6.07) is 0. The zero-order chi connectivity index (χ0) is 29.2. The van der Waals surface area contributed by atoms with Gasteiger partial charge in [-0.05, 0) is 0 Å². The van der Waals surface area contributed by atoms with Crippen LogP contribution in [-0.2, 0) is 4.79 Å². The summed E-state index contributed by atoms with van der Waals surface area (Å²) in [5.41, 5.74) is 0. The van der Waals surface area contributed by atoms with Crippen LogP contribution >= 0.6 is 0 Å². The molecule has 23 heteroatoms. The number of aliphatic carboxylic acids is 1. The lowest BCUT2D eigenvalue weighted by Gasteiger charge is -2.43. The predicted octanol–water partition coefficient (Wildman–Crippen LogP) is 6.87. The molecule has 0 rings (SSSR count). The van der Waals surface area contributed by atoms with Crippen molar-refractivity contribution in [1.82, 2.24) is 0 Å². The average molecular weight is 576 g/mol. The van der Waals surface area contributed by atoms with Crippen molar-refractivity contribution in [3.05, 3.63) is 11.7 Å². The molecule has 2 nitrogen and oxygen atoms in total. The number of carboxylic acids is 1. The van der Waals surface area contributed by atoms with E-state index in [9.17, 15) is 97.0 Å². The molecule has 0 saturated carbocycles. The second-order valence-corrected chi connectivity index (χ2v) is 6.03. The van der Waals surface area contributed by atoms with Gasteiger partial charge in [-0.25, -0.2) is 9.18 Å². The first-order chi connectivity index (χ1) is 14.8. The van der Waals surface area contributed by atoms with Crippen LogP contribution in [0, 0.1) is 0 Å². The van der Waals surface area contributed by atoms with E-state index in [0.29, 0.717) is 0 Å². The normalized spacial score (nSPS) is 16.8. The molecule has 0 aliphatic rings. The van der Waals surface area contributed by atoms with Crippen LogP contribution in [0.15, 0.2) is 11.7 Å². The van der Waals surface area contributed by atoms with E-state index in [4.69, 9.17) is 5.11 Å². The highest BCUT2D eigenvalue weighted by Crippen LogP contribution is 2.64. The molecule has 0 bridgehead atoms. The summed E-state index contributed by atoms with van der Waals surface area (Å²) in [4.78, 5) is 9.86. The molecule has 0 saturated heterocycles. The monoisotopic (exact) mass is 576 g/mol. The van der Waals surface area contributed by atoms with E-state index in [1.54, 1.807) is 0 Å². The van der Waals surface area contributed by atoms with E-state index in [1.165, 1.54) is 0 Å². The van der Waals surface area contributed by atoms with Gasteiger partial charge in [-0.1, -0.05) is 0 Å². The van der Waals surface area contributed by atoms with Gasteiger partial charge in [0.05, 0.1) is 0 Å². The second-order valence-electron chi connectivity index (χ2n) is 6.03. The molecule has 35 heavy (non-hydrogen) atoms. The number of carboxylic acid groups (broad SMARTS) is 1. The number of alkyl halides is 19. The van der Waals surface area contributed by atoms with Gasteiger partial charge in [0.25, 0.3) is 0 Å². The Morgan fingerprint density at radius 2 is 0.629 bits per heavy atom. The number of hydrogen-bond donors (Lipinski definition) is 1. The van der Waals surface area contributed by atoms with Crippen LogP contribution in [0.1, 0.15) is 0 Å². The lowest BCUT2D eigenvalue weighted by Crippen LogP contribution is -2.75. The Bertz CT molecular complexity index is 862. The fraction of sp³-hybridized carbons (Fsp3) is 0.750. The number of allylic oxidation sites excluding steroid dienone is 2. The third-order valence-electron chi connectivity index (χ3n) is 3.75. The zero-order valence-corrected chi connectivity index (χ0v) is 14.8. The molecule has 0 heterocycles. The van der Waals surface area contributed by atoms with E-state index in [0.717, 1.165) is 0 Å². The molecule has 0 radical (unpaired) electrons. The van der Waals surface area contributed by atoms with Gasteiger partial charge in [0.1, 0.15) is 0 Å². The van der Waals surface area contributed by atoms with Gasteiger partial charge in [0.15, 0.2) is 0 Å². The standard InChI is InChI=1S/C12HF21O2/c13-1(2(14)6(19,20)21)4(15,16)7(22,23)9(26,27)11(30,31)12(32,33)10(28,29)8(24,25)5(17,18)3(34)35/h(H,34,35)/b2-1+. The molecule has 0 spiro atoms. The van der Waals surface area contributed by atoms with Crippen LogP contribution in [0.3, 0.4) is 0 Å². The van der Waals surface area contributed by atoms with E-state index >= 15 is 0 Å². The maximum Gasteiger partial charge on any atom is 0.445 e. The highest BCUT2D eigenvalue weighted by Gasteiger charge is 2.96. The largest absolute Gasteiger partial charge is 0.477 e. The van der Waals surface area contributed by atoms with Gasteiger partial charge in [-0.2, -0.15) is 87.8 Å². The van der Waals surface area contributed by atoms with Gasteiger partial charge in [0, 0.05) is 0 Å². The van der Waals surface area contributed by atoms with E-state index in [2.05, 4.69) is 0 Å². The van der Waals surface area contributed by atoms with Crippen molar-refractivity contribution in [3.8, 4) is 0 Å². The molecule has 0 aromatic rings. The highest BCUT2D eigenvalue weighted by atomic mass is 19.4. The minimum atomic E-state index is -9.16. The van der Waals surface area contributed by atoms with Crippen molar-refractivity contribution < 1.29 is 102 Å². The molecule has 0 amide bonds. The Labute approximate surface area is 174 Å². The zero-order valence-electron chi connectivity index (χ0n) is 14.8. The van der Waals surface area contributed by atoms with Crippen molar-refractivity contribution >= 4 is 5.97 Å². The van der Waals surface area contributed by atoms with Crippen molar-refractivity contribution in [2.24, 2.45) is 0 Å². The number of rotatable bonds is 9. The van der Waals surface area contributed by atoms with Gasteiger partial charge in [-0.15, -0.1) is 0 Å². The minimum absolute atomic E-state index is 4.53. The van der Waals surface area contributed by atoms with Gasteiger partial charge in [-0.3, -0.25) is 0 Å². The third-order valence-corrected chi connectivity index (χ3v) is 3.75. The Hall–Kier alpha value is -2.26. The minimum Gasteiger partial charge on any atom is -0.477 e. The third kappa shape index (κ3) is 4.10. The SMILES string of the molecule is O=C(O)C(F)(F)C(F)(F)C(F)(F)C(F)(F)C(F)(F)C(F)(F)C(F)(F)C(F)(F)/C(F)=C(\F)C(F)(F)F. The van der Waals surface area contributed by atoms with Crippen LogP contribution in [0.4, 0.5) is 92.2 Å². The molecule has 0 aromatic carbocycles. The number of carbonyl (C=O) groups is 1. The Morgan fingerprint density at radius 1 is 0.400 bits per heavy atom. The van der Waals surface area contributed by atoms with Crippen LogP contribution in [-0.4, -0.2) is 64.6 Å².